The average molecular weight is 513 g/mol. The molecule has 0 spiro atoms. The summed E-state index contributed by atoms with van der Waals surface area (Å²) >= 11 is 0. The summed E-state index contributed by atoms with van der Waals surface area (Å²) in [5.41, 5.74) is 1.00. The molecule has 0 unspecified atom stereocenters. The number of carbonyl (C=O) groups is 4. The zero-order valence-electron chi connectivity index (χ0n) is 20.4. The lowest BCUT2D eigenvalue weighted by molar-refractivity contribution is -0.183. The van der Waals surface area contributed by atoms with Crippen LogP contribution in [0.5, 0.6) is 0 Å². The molecule has 2 aliphatic heterocycles. The number of nitrogens with zero attached hydrogens (tertiary/aromatic N) is 2. The van der Waals surface area contributed by atoms with Crippen LogP contribution >= 0.6 is 0 Å². The van der Waals surface area contributed by atoms with Crippen molar-refractivity contribution in [3.8, 4) is 0 Å². The molecule has 2 saturated carbocycles. The monoisotopic (exact) mass is 512 g/mol. The number of rotatable bonds is 2. The highest BCUT2D eigenvalue weighted by atomic mass is 19.4. The summed E-state index contributed by atoms with van der Waals surface area (Å²) in [6, 6.07) is 5.32. The Labute approximate surface area is 211 Å². The summed E-state index contributed by atoms with van der Waals surface area (Å²) in [5, 5.41) is 0.622. The van der Waals surface area contributed by atoms with E-state index in [1.165, 1.54) is 17.0 Å². The van der Waals surface area contributed by atoms with Gasteiger partial charge < -0.3 is 0 Å². The van der Waals surface area contributed by atoms with E-state index in [-0.39, 0.29) is 42.9 Å². The first-order chi connectivity index (χ1) is 17.6. The third kappa shape index (κ3) is 3.61. The Bertz CT molecular complexity index is 1280. The molecule has 2 aromatic rings. The molecule has 6 rings (SSSR count). The van der Waals surface area contributed by atoms with Gasteiger partial charge in [0, 0.05) is 45.1 Å². The standard InChI is InChI=1S/C28H27F3N2O4/c1-14-2-6-16(7-3-14)32-24(34)18-10-12-20-23-21(13-11-19(22(18)23)25(32)35)27(37)33(26(20)36)17-8-4-15(5-9-17)28(29,30)31/h10-17H,2-9H2,1H3. The Morgan fingerprint density at radius 3 is 1.24 bits per heavy atom. The Kier molecular flexibility index (Phi) is 5.47. The van der Waals surface area contributed by atoms with E-state index in [9.17, 15) is 32.3 Å². The lowest BCUT2D eigenvalue weighted by Gasteiger charge is -2.40. The van der Waals surface area contributed by atoms with Gasteiger partial charge in [-0.1, -0.05) is 6.92 Å². The van der Waals surface area contributed by atoms with Crippen LogP contribution in [0.4, 0.5) is 13.2 Å². The van der Waals surface area contributed by atoms with Crippen LogP contribution in [0.2, 0.25) is 0 Å². The number of benzene rings is 2. The topological polar surface area (TPSA) is 74.8 Å². The van der Waals surface area contributed by atoms with Crippen LogP contribution < -0.4 is 0 Å². The van der Waals surface area contributed by atoms with Gasteiger partial charge in [0.1, 0.15) is 0 Å². The SMILES string of the molecule is CC1CCC(N2C(=O)c3ccc4c5c(ccc(c35)C2=O)C(=O)N(C2CCC(C(F)(F)F)CC2)C4=O)CC1. The van der Waals surface area contributed by atoms with Gasteiger partial charge in [0.15, 0.2) is 0 Å². The van der Waals surface area contributed by atoms with Crippen molar-refractivity contribution in [3.05, 3.63) is 46.5 Å². The van der Waals surface area contributed by atoms with Crippen molar-refractivity contribution < 1.29 is 32.3 Å². The van der Waals surface area contributed by atoms with E-state index in [2.05, 4.69) is 6.92 Å². The van der Waals surface area contributed by atoms with Crippen LogP contribution in [-0.2, 0) is 0 Å². The molecule has 0 bridgehead atoms. The van der Waals surface area contributed by atoms with E-state index < -0.39 is 41.8 Å². The Morgan fingerprint density at radius 1 is 0.595 bits per heavy atom. The molecule has 2 aliphatic carbocycles. The summed E-state index contributed by atoms with van der Waals surface area (Å²) in [5.74, 6) is -2.86. The average Bonchev–Trinajstić information content (AvgIpc) is 2.87. The Balaban J connectivity index is 1.37. The van der Waals surface area contributed by atoms with Crippen LogP contribution in [-0.4, -0.2) is 51.7 Å². The molecule has 4 aliphatic rings. The lowest BCUT2D eigenvalue weighted by Crippen LogP contribution is -2.50. The van der Waals surface area contributed by atoms with Gasteiger partial charge in [-0.2, -0.15) is 13.2 Å². The van der Waals surface area contributed by atoms with Gasteiger partial charge in [0.05, 0.1) is 5.92 Å². The molecule has 2 fully saturated rings. The smallest absolute Gasteiger partial charge is 0.271 e. The van der Waals surface area contributed by atoms with Crippen LogP contribution in [0.1, 0.15) is 99.7 Å². The van der Waals surface area contributed by atoms with Crippen LogP contribution in [0.15, 0.2) is 24.3 Å². The fraction of sp³-hybridized carbons (Fsp3) is 0.500. The van der Waals surface area contributed by atoms with E-state index in [4.69, 9.17) is 0 Å². The zero-order chi connectivity index (χ0) is 26.2. The van der Waals surface area contributed by atoms with Gasteiger partial charge in [-0.3, -0.25) is 29.0 Å². The predicted octanol–water partition coefficient (Wildman–Crippen LogP) is 5.73. The van der Waals surface area contributed by atoms with Gasteiger partial charge in [0.2, 0.25) is 0 Å². The molecular weight excluding hydrogens is 485 g/mol. The highest BCUT2D eigenvalue weighted by Crippen LogP contribution is 2.43. The molecule has 0 N–H and O–H groups in total. The highest BCUT2D eigenvalue weighted by molar-refractivity contribution is 6.33. The molecule has 194 valence electrons. The fourth-order valence-corrected chi connectivity index (χ4v) is 6.74. The van der Waals surface area contributed by atoms with E-state index in [1.807, 2.05) is 0 Å². The molecule has 6 nitrogen and oxygen atoms in total. The number of imide groups is 2. The van der Waals surface area contributed by atoms with E-state index in [1.54, 1.807) is 12.1 Å². The first-order valence-corrected chi connectivity index (χ1v) is 13.0. The molecule has 9 heteroatoms. The summed E-state index contributed by atoms with van der Waals surface area (Å²) in [7, 11) is 0. The molecule has 37 heavy (non-hydrogen) atoms. The molecular formula is C28H27F3N2O4. The minimum absolute atomic E-state index is 0.0856. The summed E-state index contributed by atoms with van der Waals surface area (Å²) in [4.78, 5) is 56.6. The Morgan fingerprint density at radius 2 is 0.919 bits per heavy atom. The van der Waals surface area contributed by atoms with Gasteiger partial charge in [-0.25, -0.2) is 0 Å². The van der Waals surface area contributed by atoms with E-state index in [0.717, 1.165) is 30.6 Å². The molecule has 4 amide bonds. The second-order valence-electron chi connectivity index (χ2n) is 11.0. The first kappa shape index (κ1) is 24.1. The van der Waals surface area contributed by atoms with E-state index in [0.29, 0.717) is 27.8 Å². The largest absolute Gasteiger partial charge is 0.391 e. The van der Waals surface area contributed by atoms with Gasteiger partial charge >= 0.3 is 6.18 Å². The maximum absolute atomic E-state index is 13.5. The fourth-order valence-electron chi connectivity index (χ4n) is 6.74. The highest BCUT2D eigenvalue weighted by Gasteiger charge is 2.47. The van der Waals surface area contributed by atoms with Gasteiger partial charge in [0.25, 0.3) is 23.6 Å². The number of hydrogen-bond donors (Lipinski definition) is 0. The molecule has 0 radical (unpaired) electrons. The minimum Gasteiger partial charge on any atom is -0.271 e. The number of halogens is 3. The molecule has 2 heterocycles. The van der Waals surface area contributed by atoms with Crippen molar-refractivity contribution in [1.82, 2.24) is 9.80 Å². The lowest BCUT2D eigenvalue weighted by atomic mass is 9.81. The predicted molar refractivity (Wildman–Crippen MR) is 128 cm³/mol. The maximum atomic E-state index is 13.5. The van der Waals surface area contributed by atoms with Crippen molar-refractivity contribution in [3.63, 3.8) is 0 Å². The first-order valence-electron chi connectivity index (χ1n) is 13.0. The normalized spacial score (nSPS) is 28.3. The second-order valence-corrected chi connectivity index (χ2v) is 11.0. The van der Waals surface area contributed by atoms with Crippen molar-refractivity contribution in [2.24, 2.45) is 11.8 Å². The third-order valence-corrected chi connectivity index (χ3v) is 8.83. The van der Waals surface area contributed by atoms with Crippen molar-refractivity contribution in [1.29, 1.82) is 0 Å². The molecule has 0 saturated heterocycles. The number of hydrogen-bond acceptors (Lipinski definition) is 4. The second kappa shape index (κ2) is 8.39. The molecule has 0 aromatic heterocycles. The van der Waals surface area contributed by atoms with E-state index >= 15 is 0 Å². The van der Waals surface area contributed by atoms with Crippen LogP contribution in [0.25, 0.3) is 10.8 Å². The minimum atomic E-state index is -4.29. The number of alkyl halides is 3. The maximum Gasteiger partial charge on any atom is 0.391 e. The summed E-state index contributed by atoms with van der Waals surface area (Å²) in [6.45, 7) is 2.16. The van der Waals surface area contributed by atoms with Crippen LogP contribution in [0.3, 0.4) is 0 Å². The third-order valence-electron chi connectivity index (χ3n) is 8.83. The summed E-state index contributed by atoms with van der Waals surface area (Å²) < 4.78 is 39.4. The van der Waals surface area contributed by atoms with Crippen molar-refractivity contribution >= 4 is 34.4 Å². The Hall–Kier alpha value is -3.23. The van der Waals surface area contributed by atoms with Crippen molar-refractivity contribution in [2.45, 2.75) is 76.6 Å². The number of amides is 4. The van der Waals surface area contributed by atoms with Crippen molar-refractivity contribution in [2.75, 3.05) is 0 Å². The quantitative estimate of drug-likeness (QED) is 0.482. The number of carbonyl (C=O) groups excluding carboxylic acids is 4. The molecule has 2 aromatic carbocycles. The van der Waals surface area contributed by atoms with Gasteiger partial charge in [-0.15, -0.1) is 0 Å². The van der Waals surface area contributed by atoms with Crippen LogP contribution in [0, 0.1) is 11.8 Å². The zero-order valence-corrected chi connectivity index (χ0v) is 20.4. The molecule has 0 atom stereocenters. The summed E-state index contributed by atoms with van der Waals surface area (Å²) in [6.07, 6.45) is -1.02. The van der Waals surface area contributed by atoms with Gasteiger partial charge in [-0.05, 0) is 81.5 Å².